The number of carbonyl (C=O) groups is 2. The molecule has 0 unspecified atom stereocenters. The second-order valence-corrected chi connectivity index (χ2v) is 5.42. The molecule has 9 nitrogen and oxygen atoms in total. The van der Waals surface area contributed by atoms with E-state index in [1.54, 1.807) is 0 Å². The predicted molar refractivity (Wildman–Crippen MR) is 80.0 cm³/mol. The Bertz CT molecular complexity index is 696. The fourth-order valence-corrected chi connectivity index (χ4v) is 2.68. The van der Waals surface area contributed by atoms with Crippen molar-refractivity contribution in [2.45, 2.75) is 20.0 Å². The van der Waals surface area contributed by atoms with Crippen LogP contribution in [0.25, 0.3) is 11.4 Å². The summed E-state index contributed by atoms with van der Waals surface area (Å²) in [5.74, 6) is -2.49. The molecule has 124 valence electrons. The van der Waals surface area contributed by atoms with Crippen LogP contribution in [0, 0.1) is 0 Å². The zero-order valence-corrected chi connectivity index (χ0v) is 13.1. The van der Waals surface area contributed by atoms with Gasteiger partial charge in [0.15, 0.2) is 10.9 Å². The Labute approximate surface area is 134 Å². The molecule has 0 spiro atoms. The van der Waals surface area contributed by atoms with E-state index in [-0.39, 0.29) is 17.5 Å². The Morgan fingerprint density at radius 2 is 2.26 bits per heavy atom. The van der Waals surface area contributed by atoms with Crippen LogP contribution in [0.1, 0.15) is 17.6 Å². The monoisotopic (exact) mass is 341 g/mol. The molecule has 0 fully saturated rings. The number of thiazole rings is 1. The number of carboxylic acid groups (broad SMARTS) is 1. The third-order valence-electron chi connectivity index (χ3n) is 2.75. The van der Waals surface area contributed by atoms with Crippen LogP contribution in [0.5, 0.6) is 0 Å². The Morgan fingerprint density at radius 3 is 2.87 bits per heavy atom. The van der Waals surface area contributed by atoms with E-state index >= 15 is 0 Å². The quantitative estimate of drug-likeness (QED) is 0.499. The molecule has 2 aromatic rings. The Kier molecular flexibility index (Phi) is 5.79. The van der Waals surface area contributed by atoms with Gasteiger partial charge in [0.05, 0.1) is 6.61 Å². The van der Waals surface area contributed by atoms with Gasteiger partial charge in [-0.15, -0.1) is 11.3 Å². The number of anilines is 1. The molecule has 1 amide bonds. The van der Waals surface area contributed by atoms with Gasteiger partial charge in [0.25, 0.3) is 0 Å². The minimum Gasteiger partial charge on any atom is -0.474 e. The molecule has 3 N–H and O–H groups in total. The normalized spacial score (nSPS) is 10.7. The maximum atomic E-state index is 11.2. The summed E-state index contributed by atoms with van der Waals surface area (Å²) in [6.45, 7) is 2.59. The summed E-state index contributed by atoms with van der Waals surface area (Å²) >= 11 is 1.14. The lowest BCUT2D eigenvalue weighted by Gasteiger charge is -1.99. The second-order valence-electron chi connectivity index (χ2n) is 4.33. The number of hydrogen-bond donors (Lipinski definition) is 3. The van der Waals surface area contributed by atoms with E-state index < -0.39 is 11.9 Å². The van der Waals surface area contributed by atoms with Gasteiger partial charge < -0.3 is 19.5 Å². The largest absolute Gasteiger partial charge is 0.474 e. The molecule has 0 aromatic carbocycles. The van der Waals surface area contributed by atoms with Gasteiger partial charge >= 0.3 is 11.9 Å². The van der Waals surface area contributed by atoms with Gasteiger partial charge in [-0.25, -0.2) is 9.78 Å². The number of rotatable bonds is 7. The van der Waals surface area contributed by atoms with Crippen LogP contribution in [0.3, 0.4) is 0 Å². The van der Waals surface area contributed by atoms with Gasteiger partial charge in [-0.05, 0) is 6.92 Å². The van der Waals surface area contributed by atoms with E-state index in [0.29, 0.717) is 31.0 Å². The number of aromatic nitrogens is 2. The second kappa shape index (κ2) is 7.81. The number of carboxylic acids is 1. The Morgan fingerprint density at radius 1 is 1.48 bits per heavy atom. The molecule has 2 heterocycles. The standard InChI is InChI=1S/C13H15N3O6S/c1-2-21-4-3-9-10(8-5-7(6-17)22-16-8)14-13(23-9)15-11(18)12(19)20/h5,17H,2-4,6H2,1H3,(H,19,20)(H,14,15,18). The molecule has 0 atom stereocenters. The zero-order chi connectivity index (χ0) is 16.8. The maximum Gasteiger partial charge on any atom is 0.394 e. The van der Waals surface area contributed by atoms with Crippen LogP contribution in [0.15, 0.2) is 10.6 Å². The lowest BCUT2D eigenvalue weighted by Crippen LogP contribution is -2.21. The van der Waals surface area contributed by atoms with Gasteiger partial charge in [0.1, 0.15) is 18.0 Å². The Hall–Kier alpha value is -2.30. The first-order chi connectivity index (χ1) is 11.0. The van der Waals surface area contributed by atoms with E-state index in [2.05, 4.69) is 15.5 Å². The first kappa shape index (κ1) is 17.1. The van der Waals surface area contributed by atoms with Gasteiger partial charge in [-0.2, -0.15) is 0 Å². The molecule has 0 radical (unpaired) electrons. The highest BCUT2D eigenvalue weighted by atomic mass is 32.1. The predicted octanol–water partition coefficient (Wildman–Crippen LogP) is 0.892. The van der Waals surface area contributed by atoms with Crippen LogP contribution in [0.2, 0.25) is 0 Å². The lowest BCUT2D eigenvalue weighted by atomic mass is 10.2. The Balaban J connectivity index is 2.27. The van der Waals surface area contributed by atoms with E-state index in [9.17, 15) is 9.59 Å². The van der Waals surface area contributed by atoms with E-state index in [4.69, 9.17) is 19.5 Å². The maximum absolute atomic E-state index is 11.2. The van der Waals surface area contributed by atoms with E-state index in [1.807, 2.05) is 6.92 Å². The summed E-state index contributed by atoms with van der Waals surface area (Å²) < 4.78 is 10.2. The minimum atomic E-state index is -1.60. The van der Waals surface area contributed by atoms with Gasteiger partial charge in [0.2, 0.25) is 0 Å². The number of ether oxygens (including phenoxy) is 1. The number of amides is 1. The van der Waals surface area contributed by atoms with Crippen molar-refractivity contribution in [3.8, 4) is 11.4 Å². The highest BCUT2D eigenvalue weighted by molar-refractivity contribution is 7.16. The highest BCUT2D eigenvalue weighted by Gasteiger charge is 2.20. The molecule has 0 aliphatic rings. The fraction of sp³-hybridized carbons (Fsp3) is 0.385. The number of nitrogens with zero attached hydrogens (tertiary/aromatic N) is 2. The van der Waals surface area contributed by atoms with Crippen LogP contribution in [-0.2, 0) is 27.4 Å². The van der Waals surface area contributed by atoms with Crippen LogP contribution in [0.4, 0.5) is 5.13 Å². The summed E-state index contributed by atoms with van der Waals surface area (Å²) in [6.07, 6.45) is 0.519. The highest BCUT2D eigenvalue weighted by Crippen LogP contribution is 2.31. The van der Waals surface area contributed by atoms with Crippen molar-refractivity contribution in [3.05, 3.63) is 16.7 Å². The fourth-order valence-electron chi connectivity index (χ4n) is 1.73. The van der Waals surface area contributed by atoms with Crippen molar-refractivity contribution in [1.29, 1.82) is 0 Å². The molecular formula is C13H15N3O6S. The molecule has 0 saturated carbocycles. The SMILES string of the molecule is CCOCCc1sc(NC(=O)C(=O)O)nc1-c1cc(CO)on1. The van der Waals surface area contributed by atoms with E-state index in [1.165, 1.54) is 6.07 Å². The third kappa shape index (κ3) is 4.34. The number of aliphatic carboxylic acids is 1. The van der Waals surface area contributed by atoms with Gasteiger partial charge in [-0.1, -0.05) is 5.16 Å². The molecule has 0 aliphatic heterocycles. The average molecular weight is 341 g/mol. The molecule has 0 aliphatic carbocycles. The van der Waals surface area contributed by atoms with E-state index in [0.717, 1.165) is 16.2 Å². The molecule has 2 aromatic heterocycles. The van der Waals surface area contributed by atoms with Crippen molar-refractivity contribution in [3.63, 3.8) is 0 Å². The van der Waals surface area contributed by atoms with Crippen molar-refractivity contribution in [2.24, 2.45) is 0 Å². The van der Waals surface area contributed by atoms with Gasteiger partial charge in [0, 0.05) is 24.0 Å². The van der Waals surface area contributed by atoms with Crippen LogP contribution in [-0.4, -0.2) is 45.4 Å². The summed E-state index contributed by atoms with van der Waals surface area (Å²) in [5.41, 5.74) is 0.853. The lowest BCUT2D eigenvalue weighted by molar-refractivity contribution is -0.147. The first-order valence-corrected chi connectivity index (χ1v) is 7.55. The molecule has 10 heteroatoms. The van der Waals surface area contributed by atoms with Crippen molar-refractivity contribution < 1.29 is 29.1 Å². The zero-order valence-electron chi connectivity index (χ0n) is 12.2. The van der Waals surface area contributed by atoms with Crippen molar-refractivity contribution in [1.82, 2.24) is 10.1 Å². The topological polar surface area (TPSA) is 135 Å². The van der Waals surface area contributed by atoms with Gasteiger partial charge in [-0.3, -0.25) is 10.1 Å². The molecule has 23 heavy (non-hydrogen) atoms. The minimum absolute atomic E-state index is 0.146. The summed E-state index contributed by atoms with van der Waals surface area (Å²) in [4.78, 5) is 26.8. The van der Waals surface area contributed by atoms with Crippen LogP contribution < -0.4 is 5.32 Å². The third-order valence-corrected chi connectivity index (χ3v) is 3.78. The summed E-state index contributed by atoms with van der Waals surface area (Å²) in [6, 6.07) is 1.53. The number of nitrogens with one attached hydrogen (secondary N) is 1. The van der Waals surface area contributed by atoms with Crippen LogP contribution >= 0.6 is 11.3 Å². The number of hydrogen-bond acceptors (Lipinski definition) is 8. The summed E-state index contributed by atoms with van der Waals surface area (Å²) in [5, 5.41) is 23.8. The number of carbonyl (C=O) groups excluding carboxylic acids is 1. The molecular weight excluding hydrogens is 326 g/mol. The average Bonchev–Trinajstić information content (AvgIpc) is 3.14. The molecule has 2 rings (SSSR count). The van der Waals surface area contributed by atoms with Crippen molar-refractivity contribution >= 4 is 28.3 Å². The summed E-state index contributed by atoms with van der Waals surface area (Å²) in [7, 11) is 0. The number of aliphatic hydroxyl groups is 1. The van der Waals surface area contributed by atoms with Crippen molar-refractivity contribution in [2.75, 3.05) is 18.5 Å². The molecule has 0 bridgehead atoms. The molecule has 0 saturated heterocycles. The first-order valence-electron chi connectivity index (χ1n) is 6.73. The number of aliphatic hydroxyl groups excluding tert-OH is 1. The smallest absolute Gasteiger partial charge is 0.394 e.